The van der Waals surface area contributed by atoms with Crippen molar-refractivity contribution in [2.24, 2.45) is 0 Å². The first-order valence-electron chi connectivity index (χ1n) is 5.44. The zero-order valence-corrected chi connectivity index (χ0v) is 10.8. The van der Waals surface area contributed by atoms with Crippen LogP contribution in [0.2, 0.25) is 10.0 Å². The van der Waals surface area contributed by atoms with Crippen LogP contribution in [0.1, 0.15) is 11.1 Å². The lowest BCUT2D eigenvalue weighted by atomic mass is 10.2. The number of rotatable bonds is 4. The van der Waals surface area contributed by atoms with Gasteiger partial charge in [-0.3, -0.25) is 0 Å². The molecule has 0 aliphatic carbocycles. The Bertz CT molecular complexity index is 483. The van der Waals surface area contributed by atoms with Crippen LogP contribution in [0.15, 0.2) is 48.5 Å². The van der Waals surface area contributed by atoms with Crippen molar-refractivity contribution in [2.75, 3.05) is 0 Å². The van der Waals surface area contributed by atoms with E-state index in [0.29, 0.717) is 10.0 Å². The molecule has 0 heterocycles. The predicted octanol–water partition coefficient (Wildman–Crippen LogP) is 4.28. The Balaban J connectivity index is 1.88. The summed E-state index contributed by atoms with van der Waals surface area (Å²) in [7, 11) is 0. The zero-order chi connectivity index (χ0) is 12.1. The van der Waals surface area contributed by atoms with E-state index in [-0.39, 0.29) is 0 Å². The second-order valence-corrected chi connectivity index (χ2v) is 4.65. The Morgan fingerprint density at radius 3 is 2.18 bits per heavy atom. The van der Waals surface area contributed by atoms with E-state index in [1.54, 1.807) is 0 Å². The Hall–Kier alpha value is -1.02. The molecule has 0 spiro atoms. The summed E-state index contributed by atoms with van der Waals surface area (Å²) in [4.78, 5) is 0. The van der Waals surface area contributed by atoms with Gasteiger partial charge in [0, 0.05) is 13.1 Å². The highest BCUT2D eigenvalue weighted by molar-refractivity contribution is 6.42. The molecule has 17 heavy (non-hydrogen) atoms. The molecule has 0 unspecified atom stereocenters. The standard InChI is InChI=1S/C14H13Cl2N/c15-13-7-6-12(8-14(13)16)10-17-9-11-4-2-1-3-5-11/h1-8,17H,9-10H2. The van der Waals surface area contributed by atoms with E-state index in [4.69, 9.17) is 23.2 Å². The van der Waals surface area contributed by atoms with Crippen LogP contribution < -0.4 is 5.32 Å². The molecule has 2 rings (SSSR count). The molecule has 3 heteroatoms. The number of halogens is 2. The predicted molar refractivity (Wildman–Crippen MR) is 73.4 cm³/mol. The van der Waals surface area contributed by atoms with Crippen molar-refractivity contribution in [2.45, 2.75) is 13.1 Å². The summed E-state index contributed by atoms with van der Waals surface area (Å²) in [5.41, 5.74) is 2.41. The van der Waals surface area contributed by atoms with Gasteiger partial charge in [0.25, 0.3) is 0 Å². The monoisotopic (exact) mass is 265 g/mol. The van der Waals surface area contributed by atoms with E-state index >= 15 is 0 Å². The Morgan fingerprint density at radius 1 is 0.765 bits per heavy atom. The van der Waals surface area contributed by atoms with E-state index < -0.39 is 0 Å². The average molecular weight is 266 g/mol. The minimum Gasteiger partial charge on any atom is -0.309 e. The molecule has 2 aromatic rings. The van der Waals surface area contributed by atoms with Gasteiger partial charge in [-0.1, -0.05) is 59.6 Å². The van der Waals surface area contributed by atoms with E-state index in [1.165, 1.54) is 5.56 Å². The minimum atomic E-state index is 0.596. The lowest BCUT2D eigenvalue weighted by molar-refractivity contribution is 0.693. The van der Waals surface area contributed by atoms with Gasteiger partial charge in [-0.05, 0) is 23.3 Å². The molecule has 2 aromatic carbocycles. The van der Waals surface area contributed by atoms with Crippen LogP contribution in [-0.4, -0.2) is 0 Å². The quantitative estimate of drug-likeness (QED) is 0.870. The second kappa shape index (κ2) is 6.06. The topological polar surface area (TPSA) is 12.0 Å². The first-order chi connectivity index (χ1) is 8.25. The third kappa shape index (κ3) is 3.74. The molecule has 1 nitrogen and oxygen atoms in total. The van der Waals surface area contributed by atoms with E-state index in [1.807, 2.05) is 36.4 Å². The molecule has 1 N–H and O–H groups in total. The highest BCUT2D eigenvalue weighted by atomic mass is 35.5. The highest BCUT2D eigenvalue weighted by Gasteiger charge is 1.99. The van der Waals surface area contributed by atoms with Gasteiger partial charge in [-0.2, -0.15) is 0 Å². The molecule has 0 amide bonds. The number of hydrogen-bond donors (Lipinski definition) is 1. The molecule has 88 valence electrons. The Morgan fingerprint density at radius 2 is 1.47 bits per heavy atom. The molecule has 0 saturated carbocycles. The molecule has 0 bridgehead atoms. The van der Waals surface area contributed by atoms with E-state index in [9.17, 15) is 0 Å². The van der Waals surface area contributed by atoms with Gasteiger partial charge in [0.1, 0.15) is 0 Å². The lowest BCUT2D eigenvalue weighted by Gasteiger charge is -2.06. The first-order valence-corrected chi connectivity index (χ1v) is 6.20. The summed E-state index contributed by atoms with van der Waals surface area (Å²) >= 11 is 11.8. The number of hydrogen-bond acceptors (Lipinski definition) is 1. The molecular weight excluding hydrogens is 253 g/mol. The molecule has 0 aliphatic rings. The van der Waals surface area contributed by atoms with Crippen molar-refractivity contribution < 1.29 is 0 Å². The summed E-state index contributed by atoms with van der Waals surface area (Å²) in [6.07, 6.45) is 0. The van der Waals surface area contributed by atoms with Crippen LogP contribution in [0.3, 0.4) is 0 Å². The maximum absolute atomic E-state index is 5.95. The average Bonchev–Trinajstić information content (AvgIpc) is 2.35. The highest BCUT2D eigenvalue weighted by Crippen LogP contribution is 2.22. The summed E-state index contributed by atoms with van der Waals surface area (Å²) < 4.78 is 0. The summed E-state index contributed by atoms with van der Waals surface area (Å²) in [6, 6.07) is 16.0. The third-order valence-electron chi connectivity index (χ3n) is 2.49. The molecule has 0 saturated heterocycles. The minimum absolute atomic E-state index is 0.596. The van der Waals surface area contributed by atoms with Gasteiger partial charge in [0.05, 0.1) is 10.0 Å². The van der Waals surface area contributed by atoms with Crippen molar-refractivity contribution in [3.63, 3.8) is 0 Å². The second-order valence-electron chi connectivity index (χ2n) is 3.84. The molecule has 0 radical (unpaired) electrons. The maximum Gasteiger partial charge on any atom is 0.0595 e. The first kappa shape index (κ1) is 12.4. The summed E-state index contributed by atoms with van der Waals surface area (Å²) in [5.74, 6) is 0. The van der Waals surface area contributed by atoms with Crippen LogP contribution in [0, 0.1) is 0 Å². The smallest absolute Gasteiger partial charge is 0.0595 e. The summed E-state index contributed by atoms with van der Waals surface area (Å²) in [6.45, 7) is 1.63. The Kier molecular flexibility index (Phi) is 4.43. The SMILES string of the molecule is Clc1ccc(CNCc2ccccc2)cc1Cl. The van der Waals surface area contributed by atoms with Crippen LogP contribution in [0.4, 0.5) is 0 Å². The molecule has 0 aromatic heterocycles. The van der Waals surface area contributed by atoms with Crippen molar-refractivity contribution >= 4 is 23.2 Å². The van der Waals surface area contributed by atoms with Crippen molar-refractivity contribution in [1.29, 1.82) is 0 Å². The van der Waals surface area contributed by atoms with E-state index in [0.717, 1.165) is 18.7 Å². The van der Waals surface area contributed by atoms with Crippen LogP contribution >= 0.6 is 23.2 Å². The fourth-order valence-electron chi connectivity index (χ4n) is 1.60. The van der Waals surface area contributed by atoms with Gasteiger partial charge >= 0.3 is 0 Å². The maximum atomic E-state index is 5.95. The summed E-state index contributed by atoms with van der Waals surface area (Å²) in [5, 5.41) is 4.56. The fraction of sp³-hybridized carbons (Fsp3) is 0.143. The fourth-order valence-corrected chi connectivity index (χ4v) is 1.92. The van der Waals surface area contributed by atoms with Crippen LogP contribution in [0.5, 0.6) is 0 Å². The third-order valence-corrected chi connectivity index (χ3v) is 3.22. The number of nitrogens with one attached hydrogen (secondary N) is 1. The molecule has 0 atom stereocenters. The van der Waals surface area contributed by atoms with Crippen molar-refractivity contribution in [3.05, 3.63) is 69.7 Å². The lowest BCUT2D eigenvalue weighted by Crippen LogP contribution is -2.12. The van der Waals surface area contributed by atoms with Gasteiger partial charge in [-0.25, -0.2) is 0 Å². The van der Waals surface area contributed by atoms with Gasteiger partial charge in [0.15, 0.2) is 0 Å². The normalized spacial score (nSPS) is 10.5. The van der Waals surface area contributed by atoms with Gasteiger partial charge in [-0.15, -0.1) is 0 Å². The van der Waals surface area contributed by atoms with Crippen LogP contribution in [-0.2, 0) is 13.1 Å². The number of benzene rings is 2. The molecular formula is C14H13Cl2N. The van der Waals surface area contributed by atoms with Gasteiger partial charge in [0.2, 0.25) is 0 Å². The van der Waals surface area contributed by atoms with Gasteiger partial charge < -0.3 is 5.32 Å². The van der Waals surface area contributed by atoms with Crippen LogP contribution in [0.25, 0.3) is 0 Å². The zero-order valence-electron chi connectivity index (χ0n) is 9.29. The van der Waals surface area contributed by atoms with E-state index in [2.05, 4.69) is 17.4 Å². The molecule has 0 aliphatic heterocycles. The Labute approximate surface area is 111 Å². The van der Waals surface area contributed by atoms with Crippen molar-refractivity contribution in [3.8, 4) is 0 Å². The van der Waals surface area contributed by atoms with Crippen molar-refractivity contribution in [1.82, 2.24) is 5.32 Å². The molecule has 0 fully saturated rings. The largest absolute Gasteiger partial charge is 0.309 e.